The lowest BCUT2D eigenvalue weighted by atomic mass is 10.3. The first kappa shape index (κ1) is 12.5. The third kappa shape index (κ3) is 2.75. The van der Waals surface area contributed by atoms with Crippen molar-refractivity contribution in [1.29, 1.82) is 5.26 Å². The van der Waals surface area contributed by atoms with Crippen LogP contribution >= 0.6 is 0 Å². The van der Waals surface area contributed by atoms with Gasteiger partial charge in [0, 0.05) is 13.1 Å². The normalized spacial score (nSPS) is 14.2. The standard InChI is InChI=1S/C15H16N4O/c16-9-13-4-5-14(20-13)11-17-12-3-6-15(18-10-12)19-7-1-2-8-19/h3-6,10,17H,1-2,7-8,11H2. The summed E-state index contributed by atoms with van der Waals surface area (Å²) in [4.78, 5) is 6.78. The molecule has 1 aliphatic heterocycles. The van der Waals surface area contributed by atoms with Crippen molar-refractivity contribution in [3.8, 4) is 6.07 Å². The van der Waals surface area contributed by atoms with Crippen molar-refractivity contribution in [3.05, 3.63) is 42.0 Å². The molecule has 102 valence electrons. The number of hydrogen-bond donors (Lipinski definition) is 1. The molecule has 20 heavy (non-hydrogen) atoms. The van der Waals surface area contributed by atoms with Crippen LogP contribution in [-0.4, -0.2) is 18.1 Å². The highest BCUT2D eigenvalue weighted by Crippen LogP contribution is 2.19. The predicted octanol–water partition coefficient (Wildman–Crippen LogP) is 2.76. The topological polar surface area (TPSA) is 65.1 Å². The van der Waals surface area contributed by atoms with Gasteiger partial charge in [-0.15, -0.1) is 0 Å². The smallest absolute Gasteiger partial charge is 0.203 e. The molecule has 0 amide bonds. The fourth-order valence-corrected chi connectivity index (χ4v) is 2.35. The van der Waals surface area contributed by atoms with E-state index in [1.165, 1.54) is 12.8 Å². The van der Waals surface area contributed by atoms with E-state index in [-0.39, 0.29) is 0 Å². The molecule has 5 nitrogen and oxygen atoms in total. The van der Waals surface area contributed by atoms with Crippen LogP contribution in [0.25, 0.3) is 0 Å². The van der Waals surface area contributed by atoms with E-state index in [0.29, 0.717) is 12.3 Å². The van der Waals surface area contributed by atoms with E-state index in [2.05, 4.69) is 15.2 Å². The summed E-state index contributed by atoms with van der Waals surface area (Å²) in [5.41, 5.74) is 0.947. The van der Waals surface area contributed by atoms with Crippen LogP contribution in [0.5, 0.6) is 0 Å². The highest BCUT2D eigenvalue weighted by molar-refractivity contribution is 5.49. The Morgan fingerprint density at radius 2 is 2.10 bits per heavy atom. The summed E-state index contributed by atoms with van der Waals surface area (Å²) in [6.45, 7) is 2.75. The van der Waals surface area contributed by atoms with Gasteiger partial charge in [-0.3, -0.25) is 0 Å². The van der Waals surface area contributed by atoms with Crippen LogP contribution in [0.1, 0.15) is 24.4 Å². The quantitative estimate of drug-likeness (QED) is 0.923. The fraction of sp³-hybridized carbons (Fsp3) is 0.333. The van der Waals surface area contributed by atoms with Gasteiger partial charge < -0.3 is 14.6 Å². The predicted molar refractivity (Wildman–Crippen MR) is 76.4 cm³/mol. The molecule has 0 atom stereocenters. The van der Waals surface area contributed by atoms with Gasteiger partial charge in [0.2, 0.25) is 5.76 Å². The van der Waals surface area contributed by atoms with Crippen molar-refractivity contribution < 1.29 is 4.42 Å². The van der Waals surface area contributed by atoms with E-state index in [4.69, 9.17) is 9.68 Å². The van der Waals surface area contributed by atoms with Crippen molar-refractivity contribution in [2.75, 3.05) is 23.3 Å². The maximum Gasteiger partial charge on any atom is 0.203 e. The fourth-order valence-electron chi connectivity index (χ4n) is 2.35. The number of nitrogens with one attached hydrogen (secondary N) is 1. The van der Waals surface area contributed by atoms with Crippen LogP contribution in [0.15, 0.2) is 34.9 Å². The number of anilines is 2. The number of furan rings is 1. The maximum atomic E-state index is 8.69. The van der Waals surface area contributed by atoms with E-state index >= 15 is 0 Å². The Kier molecular flexibility index (Phi) is 3.55. The second-order valence-electron chi connectivity index (χ2n) is 4.83. The highest BCUT2D eigenvalue weighted by atomic mass is 16.3. The van der Waals surface area contributed by atoms with Gasteiger partial charge in [0.05, 0.1) is 18.4 Å². The SMILES string of the molecule is N#Cc1ccc(CNc2ccc(N3CCCC3)nc2)o1. The van der Waals surface area contributed by atoms with Crippen molar-refractivity contribution >= 4 is 11.5 Å². The molecule has 0 spiro atoms. The Balaban J connectivity index is 1.59. The third-order valence-electron chi connectivity index (χ3n) is 3.42. The Bertz CT molecular complexity index is 606. The number of nitrogens with zero attached hydrogens (tertiary/aromatic N) is 3. The summed E-state index contributed by atoms with van der Waals surface area (Å²) in [6.07, 6.45) is 4.34. The maximum absolute atomic E-state index is 8.69. The molecular weight excluding hydrogens is 252 g/mol. The van der Waals surface area contributed by atoms with Crippen LogP contribution in [0, 0.1) is 11.3 Å². The van der Waals surface area contributed by atoms with Crippen LogP contribution in [0.4, 0.5) is 11.5 Å². The van der Waals surface area contributed by atoms with Gasteiger partial charge in [0.1, 0.15) is 17.6 Å². The molecule has 2 aromatic heterocycles. The lowest BCUT2D eigenvalue weighted by Gasteiger charge is -2.16. The van der Waals surface area contributed by atoms with Gasteiger partial charge in [0.15, 0.2) is 0 Å². The minimum absolute atomic E-state index is 0.337. The molecular formula is C15H16N4O. The lowest BCUT2D eigenvalue weighted by Crippen LogP contribution is -2.18. The average Bonchev–Trinajstić information content (AvgIpc) is 3.17. The molecule has 0 unspecified atom stereocenters. The highest BCUT2D eigenvalue weighted by Gasteiger charge is 2.12. The van der Waals surface area contributed by atoms with E-state index < -0.39 is 0 Å². The number of pyridine rings is 1. The van der Waals surface area contributed by atoms with Crippen molar-refractivity contribution in [1.82, 2.24) is 4.98 Å². The molecule has 1 saturated heterocycles. The minimum atomic E-state index is 0.337. The lowest BCUT2D eigenvalue weighted by molar-refractivity contribution is 0.506. The molecule has 0 saturated carbocycles. The third-order valence-corrected chi connectivity index (χ3v) is 3.42. The molecule has 1 N–H and O–H groups in total. The Hall–Kier alpha value is -2.48. The first-order valence-corrected chi connectivity index (χ1v) is 6.79. The van der Waals surface area contributed by atoms with E-state index in [1.54, 1.807) is 12.1 Å². The van der Waals surface area contributed by atoms with Gasteiger partial charge in [-0.2, -0.15) is 5.26 Å². The minimum Gasteiger partial charge on any atom is -0.449 e. The van der Waals surface area contributed by atoms with Gasteiger partial charge in [-0.25, -0.2) is 4.98 Å². The zero-order valence-corrected chi connectivity index (χ0v) is 11.2. The number of nitriles is 1. The Morgan fingerprint density at radius 1 is 1.25 bits per heavy atom. The van der Waals surface area contributed by atoms with Crippen LogP contribution in [0.2, 0.25) is 0 Å². The van der Waals surface area contributed by atoms with E-state index in [9.17, 15) is 0 Å². The molecule has 5 heteroatoms. The molecule has 0 bridgehead atoms. The Labute approximate surface area is 117 Å². The second-order valence-corrected chi connectivity index (χ2v) is 4.83. The van der Waals surface area contributed by atoms with Gasteiger partial charge in [-0.1, -0.05) is 0 Å². The molecule has 1 aliphatic rings. The Morgan fingerprint density at radius 3 is 2.75 bits per heavy atom. The van der Waals surface area contributed by atoms with Gasteiger partial charge in [0.25, 0.3) is 0 Å². The largest absolute Gasteiger partial charge is 0.449 e. The summed E-state index contributed by atoms with van der Waals surface area (Å²) in [5, 5.41) is 11.9. The number of hydrogen-bond acceptors (Lipinski definition) is 5. The zero-order valence-electron chi connectivity index (χ0n) is 11.2. The summed E-state index contributed by atoms with van der Waals surface area (Å²) in [7, 11) is 0. The zero-order chi connectivity index (χ0) is 13.8. The second kappa shape index (κ2) is 5.66. The summed E-state index contributed by atoms with van der Waals surface area (Å²) < 4.78 is 5.31. The average molecular weight is 268 g/mol. The van der Waals surface area contributed by atoms with Crippen molar-refractivity contribution in [3.63, 3.8) is 0 Å². The van der Waals surface area contributed by atoms with Crippen LogP contribution in [-0.2, 0) is 6.54 Å². The van der Waals surface area contributed by atoms with Gasteiger partial charge in [-0.05, 0) is 37.1 Å². The van der Waals surface area contributed by atoms with Crippen LogP contribution in [0.3, 0.4) is 0 Å². The molecule has 3 heterocycles. The first-order valence-electron chi connectivity index (χ1n) is 6.79. The van der Waals surface area contributed by atoms with Crippen molar-refractivity contribution in [2.45, 2.75) is 19.4 Å². The monoisotopic (exact) mass is 268 g/mol. The first-order chi connectivity index (χ1) is 9.85. The molecule has 0 aromatic carbocycles. The molecule has 0 aliphatic carbocycles. The number of aromatic nitrogens is 1. The van der Waals surface area contributed by atoms with E-state index in [0.717, 1.165) is 30.4 Å². The molecule has 2 aromatic rings. The summed E-state index contributed by atoms with van der Waals surface area (Å²) in [6, 6.07) is 9.51. The molecule has 3 rings (SSSR count). The molecule has 1 fully saturated rings. The molecule has 0 radical (unpaired) electrons. The van der Waals surface area contributed by atoms with Crippen molar-refractivity contribution in [2.24, 2.45) is 0 Å². The van der Waals surface area contributed by atoms with Gasteiger partial charge >= 0.3 is 0 Å². The van der Waals surface area contributed by atoms with Crippen LogP contribution < -0.4 is 10.2 Å². The summed E-state index contributed by atoms with van der Waals surface area (Å²) in [5.74, 6) is 2.12. The number of rotatable bonds is 4. The van der Waals surface area contributed by atoms with E-state index in [1.807, 2.05) is 24.4 Å². The summed E-state index contributed by atoms with van der Waals surface area (Å²) >= 11 is 0.